The van der Waals surface area contributed by atoms with Gasteiger partial charge in [0.1, 0.15) is 12.1 Å². The second-order valence-electron chi connectivity index (χ2n) is 12.3. The van der Waals surface area contributed by atoms with Crippen molar-refractivity contribution in [2.75, 3.05) is 6.54 Å². The minimum atomic E-state index is -1.21. The first-order chi connectivity index (χ1) is 22.9. The molecule has 4 atom stereocenters. The topological polar surface area (TPSA) is 189 Å². The number of fused-ring (bicyclic) bond motifs is 1. The van der Waals surface area contributed by atoms with Crippen LogP contribution in [0.15, 0.2) is 72.8 Å². The molecule has 0 saturated heterocycles. The first-order valence-electron chi connectivity index (χ1n) is 16.1. The number of amides is 6. The van der Waals surface area contributed by atoms with E-state index in [0.717, 1.165) is 21.9 Å². The number of hydrogen-bond acceptors (Lipinski definition) is 6. The van der Waals surface area contributed by atoms with Crippen LogP contribution in [-0.2, 0) is 36.9 Å². The van der Waals surface area contributed by atoms with E-state index >= 15 is 0 Å². The summed E-state index contributed by atoms with van der Waals surface area (Å²) in [5.74, 6) is -4.50. The molecule has 0 heterocycles. The SMILES string of the molecule is CC[C@H](C)C(NC(=O)[C@H](CC(C)C)NC(=O)NCc1ccccc1)C(=O)C(=O)NCC(=O)N[C@@H](Cc1ccc2ccccc2c1)C(N)=O. The fraction of sp³-hybridized carbons (Fsp3) is 0.389. The number of primary amides is 1. The van der Waals surface area contributed by atoms with Crippen LogP contribution in [0, 0.1) is 11.8 Å². The zero-order chi connectivity index (χ0) is 35.2. The Kier molecular flexibility index (Phi) is 14.1. The van der Waals surface area contributed by atoms with Gasteiger partial charge < -0.3 is 32.3 Å². The van der Waals surface area contributed by atoms with Crippen LogP contribution in [0.5, 0.6) is 0 Å². The highest BCUT2D eigenvalue weighted by atomic mass is 16.2. The third-order valence-corrected chi connectivity index (χ3v) is 7.98. The van der Waals surface area contributed by atoms with Crippen LogP contribution in [0.2, 0.25) is 0 Å². The van der Waals surface area contributed by atoms with Gasteiger partial charge in [-0.1, -0.05) is 107 Å². The Balaban J connectivity index is 1.59. The fourth-order valence-electron chi connectivity index (χ4n) is 5.10. The summed E-state index contributed by atoms with van der Waals surface area (Å²) in [4.78, 5) is 77.0. The lowest BCUT2D eigenvalue weighted by atomic mass is 9.94. The molecular weight excluding hydrogens is 612 g/mol. The highest BCUT2D eigenvalue weighted by Gasteiger charge is 2.33. The number of urea groups is 1. The average Bonchev–Trinajstić information content (AvgIpc) is 3.07. The van der Waals surface area contributed by atoms with E-state index in [1.807, 2.05) is 93.6 Å². The standard InChI is InChI=1S/C36H46N6O6/c1-5-23(4)31(42-34(46)29(17-22(2)3)41-36(48)39-20-24-11-7-6-8-12-24)32(44)35(47)38-21-30(43)40-28(33(37)45)19-25-15-16-26-13-9-10-14-27(26)18-25/h6-16,18,22-23,28-29,31H,5,17,19-21H2,1-4H3,(H2,37,45)(H,38,47)(H,40,43)(H,42,46)(H2,39,41,48)/t23-,28-,29-,31?/m0/s1. The molecule has 0 spiro atoms. The third kappa shape index (κ3) is 11.5. The maximum atomic E-state index is 13.4. The van der Waals surface area contributed by atoms with E-state index in [1.165, 1.54) is 0 Å². The summed E-state index contributed by atoms with van der Waals surface area (Å²) in [5, 5.41) is 14.9. The zero-order valence-corrected chi connectivity index (χ0v) is 27.9. The minimum Gasteiger partial charge on any atom is -0.368 e. The lowest BCUT2D eigenvalue weighted by Gasteiger charge is -2.26. The summed E-state index contributed by atoms with van der Waals surface area (Å²) in [7, 11) is 0. The molecule has 3 aromatic rings. The summed E-state index contributed by atoms with van der Waals surface area (Å²) in [6.07, 6.45) is 0.884. The van der Waals surface area contributed by atoms with Crippen LogP contribution in [-0.4, -0.2) is 60.1 Å². The number of carbonyl (C=O) groups excluding carboxylic acids is 6. The van der Waals surface area contributed by atoms with Gasteiger partial charge in [0.2, 0.25) is 23.5 Å². The maximum Gasteiger partial charge on any atom is 0.315 e. The van der Waals surface area contributed by atoms with Gasteiger partial charge in [-0.2, -0.15) is 0 Å². The number of hydrogen-bond donors (Lipinski definition) is 6. The predicted octanol–water partition coefficient (Wildman–Crippen LogP) is 2.48. The minimum absolute atomic E-state index is 0.0280. The molecule has 0 aliphatic rings. The molecule has 0 aliphatic carbocycles. The van der Waals surface area contributed by atoms with Crippen molar-refractivity contribution < 1.29 is 28.8 Å². The quantitative estimate of drug-likeness (QED) is 0.121. The van der Waals surface area contributed by atoms with Gasteiger partial charge in [0.25, 0.3) is 5.91 Å². The Morgan fingerprint density at radius 3 is 2.04 bits per heavy atom. The molecule has 0 aliphatic heterocycles. The molecule has 0 saturated carbocycles. The lowest BCUT2D eigenvalue weighted by Crippen LogP contribution is -2.57. The highest BCUT2D eigenvalue weighted by Crippen LogP contribution is 2.17. The molecule has 12 heteroatoms. The molecule has 7 N–H and O–H groups in total. The number of Topliss-reactive ketones (excluding diaryl/α,β-unsaturated/α-hetero) is 1. The van der Waals surface area contributed by atoms with Gasteiger partial charge >= 0.3 is 6.03 Å². The summed E-state index contributed by atoms with van der Waals surface area (Å²) in [6, 6.07) is 18.9. The van der Waals surface area contributed by atoms with E-state index in [0.29, 0.717) is 12.8 Å². The fourth-order valence-corrected chi connectivity index (χ4v) is 5.10. The smallest absolute Gasteiger partial charge is 0.315 e. The Hall–Kier alpha value is -5.26. The van der Waals surface area contributed by atoms with Crippen LogP contribution in [0.25, 0.3) is 10.8 Å². The predicted molar refractivity (Wildman–Crippen MR) is 183 cm³/mol. The van der Waals surface area contributed by atoms with E-state index in [9.17, 15) is 28.8 Å². The molecule has 12 nitrogen and oxygen atoms in total. The van der Waals surface area contributed by atoms with Crippen LogP contribution in [0.1, 0.15) is 51.7 Å². The highest BCUT2D eigenvalue weighted by molar-refractivity contribution is 6.38. The van der Waals surface area contributed by atoms with Crippen molar-refractivity contribution in [3.8, 4) is 0 Å². The van der Waals surface area contributed by atoms with Crippen molar-refractivity contribution in [1.82, 2.24) is 26.6 Å². The Labute approximate surface area is 281 Å². The molecule has 48 heavy (non-hydrogen) atoms. The van der Waals surface area contributed by atoms with Crippen LogP contribution in [0.4, 0.5) is 4.79 Å². The van der Waals surface area contributed by atoms with Crippen molar-refractivity contribution >= 4 is 46.2 Å². The number of rotatable bonds is 17. The van der Waals surface area contributed by atoms with Gasteiger partial charge in [-0.3, -0.25) is 24.0 Å². The Bertz CT molecular complexity index is 1590. The van der Waals surface area contributed by atoms with E-state index in [2.05, 4.69) is 26.6 Å². The summed E-state index contributed by atoms with van der Waals surface area (Å²) >= 11 is 0. The summed E-state index contributed by atoms with van der Waals surface area (Å²) in [5.41, 5.74) is 7.21. The van der Waals surface area contributed by atoms with Crippen molar-refractivity contribution in [3.63, 3.8) is 0 Å². The van der Waals surface area contributed by atoms with E-state index in [1.54, 1.807) is 6.92 Å². The zero-order valence-electron chi connectivity index (χ0n) is 27.9. The number of ketones is 1. The molecular formula is C36H46N6O6. The van der Waals surface area contributed by atoms with Crippen LogP contribution < -0.4 is 32.3 Å². The molecule has 0 bridgehead atoms. The second kappa shape index (κ2) is 18.2. The number of nitrogens with one attached hydrogen (secondary N) is 5. The molecule has 1 unspecified atom stereocenters. The first-order valence-corrected chi connectivity index (χ1v) is 16.1. The number of carbonyl (C=O) groups is 6. The third-order valence-electron chi connectivity index (χ3n) is 7.98. The number of nitrogens with two attached hydrogens (primary N) is 1. The van der Waals surface area contributed by atoms with Gasteiger partial charge in [0, 0.05) is 13.0 Å². The molecule has 256 valence electrons. The molecule has 0 radical (unpaired) electrons. The van der Waals surface area contributed by atoms with Crippen molar-refractivity contribution in [1.29, 1.82) is 0 Å². The van der Waals surface area contributed by atoms with Crippen LogP contribution >= 0.6 is 0 Å². The molecule has 0 aromatic heterocycles. The van der Waals surface area contributed by atoms with Gasteiger partial charge in [-0.05, 0) is 40.2 Å². The van der Waals surface area contributed by atoms with Crippen LogP contribution in [0.3, 0.4) is 0 Å². The van der Waals surface area contributed by atoms with E-state index < -0.39 is 66.0 Å². The van der Waals surface area contributed by atoms with Crippen molar-refractivity contribution in [3.05, 3.63) is 83.9 Å². The van der Waals surface area contributed by atoms with Gasteiger partial charge in [0.05, 0.1) is 12.6 Å². The van der Waals surface area contributed by atoms with Gasteiger partial charge in [-0.15, -0.1) is 0 Å². The Morgan fingerprint density at radius 2 is 1.40 bits per heavy atom. The molecule has 0 fully saturated rings. The average molecular weight is 659 g/mol. The molecule has 6 amide bonds. The maximum absolute atomic E-state index is 13.4. The lowest BCUT2D eigenvalue weighted by molar-refractivity contribution is -0.141. The van der Waals surface area contributed by atoms with Gasteiger partial charge in [0.15, 0.2) is 0 Å². The second-order valence-corrected chi connectivity index (χ2v) is 12.3. The Morgan fingerprint density at radius 1 is 0.729 bits per heavy atom. The monoisotopic (exact) mass is 658 g/mol. The van der Waals surface area contributed by atoms with E-state index in [4.69, 9.17) is 5.73 Å². The number of benzene rings is 3. The van der Waals surface area contributed by atoms with E-state index in [-0.39, 0.29) is 18.9 Å². The summed E-state index contributed by atoms with van der Waals surface area (Å²) < 4.78 is 0. The first kappa shape index (κ1) is 37.2. The largest absolute Gasteiger partial charge is 0.368 e. The summed E-state index contributed by atoms with van der Waals surface area (Å²) in [6.45, 7) is 6.97. The molecule has 3 aromatic carbocycles. The van der Waals surface area contributed by atoms with Crippen molar-refractivity contribution in [2.24, 2.45) is 17.6 Å². The normalized spacial score (nSPS) is 13.4. The van der Waals surface area contributed by atoms with Gasteiger partial charge in [-0.25, -0.2) is 4.79 Å². The molecule has 3 rings (SSSR count). The van der Waals surface area contributed by atoms with Crippen molar-refractivity contribution in [2.45, 2.75) is 71.6 Å².